The zero-order valence-corrected chi connectivity index (χ0v) is 15.9. The van der Waals surface area contributed by atoms with Gasteiger partial charge in [0.2, 0.25) is 0 Å². The van der Waals surface area contributed by atoms with Crippen molar-refractivity contribution in [1.29, 1.82) is 0 Å². The van der Waals surface area contributed by atoms with Crippen LogP contribution < -0.4 is 0 Å². The van der Waals surface area contributed by atoms with Crippen LogP contribution in [0.5, 0.6) is 0 Å². The highest BCUT2D eigenvalue weighted by Crippen LogP contribution is 2.32. The van der Waals surface area contributed by atoms with Gasteiger partial charge in [-0.25, -0.2) is 0 Å². The first-order valence-corrected chi connectivity index (χ1v) is 9.87. The second-order valence-electron chi connectivity index (χ2n) is 7.04. The number of aryl methyl sites for hydroxylation is 1. The average Bonchev–Trinajstić information content (AvgIpc) is 3.33. The maximum Gasteiger partial charge on any atom is 0.254 e. The summed E-state index contributed by atoms with van der Waals surface area (Å²) in [5, 5.41) is 4.77. The zero-order chi connectivity index (χ0) is 18.6. The number of benzene rings is 1. The summed E-state index contributed by atoms with van der Waals surface area (Å²) in [7, 11) is 0. The van der Waals surface area contributed by atoms with Crippen molar-refractivity contribution in [2.75, 3.05) is 19.8 Å². The van der Waals surface area contributed by atoms with Gasteiger partial charge in [0.25, 0.3) is 5.91 Å². The molecule has 0 N–H and O–H groups in total. The van der Waals surface area contributed by atoms with Gasteiger partial charge in [-0.2, -0.15) is 5.10 Å². The zero-order valence-electron chi connectivity index (χ0n) is 15.2. The summed E-state index contributed by atoms with van der Waals surface area (Å²) in [6.07, 6.45) is 6.37. The maximum atomic E-state index is 13.0. The minimum absolute atomic E-state index is 0.000594. The summed E-state index contributed by atoms with van der Waals surface area (Å²) in [6.45, 7) is 2.73. The summed E-state index contributed by atoms with van der Waals surface area (Å²) < 4.78 is 14.0. The molecule has 144 valence electrons. The molecule has 2 saturated heterocycles. The molecule has 0 unspecified atom stereocenters. The molecular formula is C20H24ClN3O3. The van der Waals surface area contributed by atoms with Gasteiger partial charge < -0.3 is 14.4 Å². The fraction of sp³-hybridized carbons (Fsp3) is 0.500. The second kappa shape index (κ2) is 8.42. The van der Waals surface area contributed by atoms with Crippen molar-refractivity contribution >= 4 is 17.5 Å². The Balaban J connectivity index is 1.39. The van der Waals surface area contributed by atoms with Crippen molar-refractivity contribution in [1.82, 2.24) is 14.7 Å². The fourth-order valence-corrected chi connectivity index (χ4v) is 4.16. The van der Waals surface area contributed by atoms with Crippen LogP contribution in [0, 0.1) is 0 Å². The van der Waals surface area contributed by atoms with Crippen molar-refractivity contribution in [3.8, 4) is 0 Å². The van der Waals surface area contributed by atoms with Crippen LogP contribution in [0.15, 0.2) is 42.7 Å². The second-order valence-corrected chi connectivity index (χ2v) is 7.48. The van der Waals surface area contributed by atoms with Crippen molar-refractivity contribution in [3.63, 3.8) is 0 Å². The molecule has 0 saturated carbocycles. The van der Waals surface area contributed by atoms with E-state index in [1.165, 1.54) is 0 Å². The van der Waals surface area contributed by atoms with Crippen molar-refractivity contribution in [3.05, 3.63) is 53.3 Å². The summed E-state index contributed by atoms with van der Waals surface area (Å²) >= 11 is 6.06. The monoisotopic (exact) mass is 389 g/mol. The third-order valence-electron chi connectivity index (χ3n) is 5.23. The number of nitrogens with zero attached hydrogens (tertiary/aromatic N) is 3. The summed E-state index contributed by atoms with van der Waals surface area (Å²) in [5.41, 5.74) is 0.617. The SMILES string of the molecule is O=C(c1cccc(Cl)c1)N1C[C@@H](OCCCn2cccn2)[C@@H]2OCCC[C@H]21. The average molecular weight is 390 g/mol. The third-order valence-corrected chi connectivity index (χ3v) is 5.47. The molecule has 1 amide bonds. The van der Waals surface area contributed by atoms with Crippen LogP contribution in [-0.2, 0) is 16.0 Å². The molecule has 1 aromatic heterocycles. The molecule has 2 aliphatic rings. The largest absolute Gasteiger partial charge is 0.374 e. The summed E-state index contributed by atoms with van der Waals surface area (Å²) in [5.74, 6) is 0.000594. The Morgan fingerprint density at radius 1 is 1.37 bits per heavy atom. The Kier molecular flexibility index (Phi) is 5.76. The molecule has 6 nitrogen and oxygen atoms in total. The van der Waals surface area contributed by atoms with E-state index >= 15 is 0 Å². The molecule has 0 spiro atoms. The van der Waals surface area contributed by atoms with E-state index in [1.807, 2.05) is 34.0 Å². The first-order chi connectivity index (χ1) is 13.2. The Morgan fingerprint density at radius 2 is 2.30 bits per heavy atom. The van der Waals surface area contributed by atoms with Gasteiger partial charge in [0.05, 0.1) is 12.6 Å². The first kappa shape index (κ1) is 18.5. The number of hydrogen-bond donors (Lipinski definition) is 0. The molecule has 7 heteroatoms. The number of aromatic nitrogens is 2. The highest BCUT2D eigenvalue weighted by molar-refractivity contribution is 6.30. The molecule has 0 aliphatic carbocycles. The van der Waals surface area contributed by atoms with Crippen LogP contribution in [0.1, 0.15) is 29.6 Å². The lowest BCUT2D eigenvalue weighted by molar-refractivity contribution is -0.0769. The number of ether oxygens (including phenoxy) is 2. The molecule has 1 aromatic carbocycles. The Morgan fingerprint density at radius 3 is 3.11 bits per heavy atom. The lowest BCUT2D eigenvalue weighted by Gasteiger charge is -2.32. The third kappa shape index (κ3) is 4.18. The topological polar surface area (TPSA) is 56.6 Å². The number of carbonyl (C=O) groups excluding carboxylic acids is 1. The Hall–Kier alpha value is -1.89. The van der Waals surface area contributed by atoms with E-state index in [1.54, 1.807) is 18.3 Å². The molecule has 4 rings (SSSR count). The van der Waals surface area contributed by atoms with Crippen LogP contribution in [0.3, 0.4) is 0 Å². The number of likely N-dealkylation sites (tertiary alicyclic amines) is 1. The van der Waals surface area contributed by atoms with E-state index < -0.39 is 0 Å². The lowest BCUT2D eigenvalue weighted by Crippen LogP contribution is -2.43. The smallest absolute Gasteiger partial charge is 0.254 e. The minimum atomic E-state index is -0.0870. The van der Waals surface area contributed by atoms with Crippen LogP contribution >= 0.6 is 11.6 Å². The summed E-state index contributed by atoms with van der Waals surface area (Å²) in [4.78, 5) is 14.9. The van der Waals surface area contributed by atoms with Gasteiger partial charge in [-0.05, 0) is 43.5 Å². The van der Waals surface area contributed by atoms with E-state index in [0.29, 0.717) is 23.7 Å². The first-order valence-electron chi connectivity index (χ1n) is 9.49. The number of amides is 1. The molecule has 2 fully saturated rings. The van der Waals surface area contributed by atoms with E-state index in [-0.39, 0.29) is 24.2 Å². The minimum Gasteiger partial charge on any atom is -0.374 e. The van der Waals surface area contributed by atoms with Gasteiger partial charge in [-0.1, -0.05) is 17.7 Å². The van der Waals surface area contributed by atoms with Crippen LogP contribution in [-0.4, -0.2) is 58.6 Å². The molecule has 3 atom stereocenters. The predicted molar refractivity (Wildman–Crippen MR) is 102 cm³/mol. The van der Waals surface area contributed by atoms with Crippen molar-refractivity contribution in [2.24, 2.45) is 0 Å². The predicted octanol–water partition coefficient (Wildman–Crippen LogP) is 3.02. The van der Waals surface area contributed by atoms with Gasteiger partial charge in [0.1, 0.15) is 12.2 Å². The number of rotatable bonds is 6. The van der Waals surface area contributed by atoms with E-state index in [0.717, 1.165) is 32.4 Å². The fourth-order valence-electron chi connectivity index (χ4n) is 3.97. The highest BCUT2D eigenvalue weighted by Gasteiger charge is 2.46. The molecule has 0 bridgehead atoms. The quantitative estimate of drug-likeness (QED) is 0.712. The van der Waals surface area contributed by atoms with E-state index in [2.05, 4.69) is 5.10 Å². The molecule has 2 aliphatic heterocycles. The lowest BCUT2D eigenvalue weighted by atomic mass is 10.0. The van der Waals surface area contributed by atoms with Gasteiger partial charge in [-0.3, -0.25) is 9.48 Å². The highest BCUT2D eigenvalue weighted by atomic mass is 35.5. The maximum absolute atomic E-state index is 13.0. The normalized spacial score (nSPS) is 24.8. The number of halogens is 1. The van der Waals surface area contributed by atoms with Gasteiger partial charge >= 0.3 is 0 Å². The van der Waals surface area contributed by atoms with Crippen LogP contribution in [0.4, 0.5) is 0 Å². The van der Waals surface area contributed by atoms with Gasteiger partial charge in [-0.15, -0.1) is 0 Å². The van der Waals surface area contributed by atoms with Crippen LogP contribution in [0.2, 0.25) is 5.02 Å². The standard InChI is InChI=1S/C20H24ClN3O3/c21-16-6-1-5-15(13-16)20(25)24-14-18(19-17(24)7-2-11-27-19)26-12-4-10-23-9-3-8-22-23/h1,3,5-6,8-9,13,17-19H,2,4,7,10-12,14H2/t17-,18-,19-/m1/s1. The number of hydrogen-bond acceptors (Lipinski definition) is 4. The molecule has 3 heterocycles. The van der Waals surface area contributed by atoms with E-state index in [4.69, 9.17) is 21.1 Å². The Bertz CT molecular complexity index is 768. The number of fused-ring (bicyclic) bond motifs is 1. The molecule has 2 aromatic rings. The number of carbonyl (C=O) groups is 1. The van der Waals surface area contributed by atoms with Gasteiger partial charge in [0.15, 0.2) is 0 Å². The molecule has 0 radical (unpaired) electrons. The Labute approximate surface area is 164 Å². The van der Waals surface area contributed by atoms with Gasteiger partial charge in [0, 0.05) is 42.7 Å². The van der Waals surface area contributed by atoms with Crippen molar-refractivity contribution in [2.45, 2.75) is 44.1 Å². The van der Waals surface area contributed by atoms with E-state index in [9.17, 15) is 4.79 Å². The van der Waals surface area contributed by atoms with Crippen molar-refractivity contribution < 1.29 is 14.3 Å². The van der Waals surface area contributed by atoms with Crippen LogP contribution in [0.25, 0.3) is 0 Å². The molecule has 27 heavy (non-hydrogen) atoms. The molecular weight excluding hydrogens is 366 g/mol. The summed E-state index contributed by atoms with van der Waals surface area (Å²) in [6, 6.07) is 9.11.